The van der Waals surface area contributed by atoms with Gasteiger partial charge in [0.1, 0.15) is 6.10 Å². The summed E-state index contributed by atoms with van der Waals surface area (Å²) in [7, 11) is 1.88. The van der Waals surface area contributed by atoms with Crippen molar-refractivity contribution in [3.8, 4) is 0 Å². The van der Waals surface area contributed by atoms with Crippen LogP contribution in [0, 0.1) is 0 Å². The first-order valence-corrected chi connectivity index (χ1v) is 5.75. The van der Waals surface area contributed by atoms with Gasteiger partial charge in [-0.25, -0.2) is 0 Å². The van der Waals surface area contributed by atoms with E-state index in [1.54, 1.807) is 0 Å². The van der Waals surface area contributed by atoms with E-state index in [0.29, 0.717) is 12.6 Å². The van der Waals surface area contributed by atoms with E-state index in [0.717, 1.165) is 25.9 Å². The first-order chi connectivity index (χ1) is 7.16. The van der Waals surface area contributed by atoms with Crippen molar-refractivity contribution in [2.75, 3.05) is 26.7 Å². The molecule has 0 spiro atoms. The second-order valence-corrected chi connectivity index (χ2v) is 4.03. The predicted molar refractivity (Wildman–Crippen MR) is 59.7 cm³/mol. The number of carbonyl (C=O) groups is 1. The predicted octanol–water partition coefficient (Wildman–Crippen LogP) is 0.622. The number of hydrogen-bond acceptors (Lipinski definition) is 3. The molecule has 88 valence electrons. The number of nitrogens with zero attached hydrogens (tertiary/aromatic N) is 1. The first-order valence-electron chi connectivity index (χ1n) is 5.75. The molecule has 1 N–H and O–H groups in total. The molecule has 15 heavy (non-hydrogen) atoms. The van der Waals surface area contributed by atoms with Crippen molar-refractivity contribution in [2.24, 2.45) is 0 Å². The molecule has 0 aliphatic carbocycles. The van der Waals surface area contributed by atoms with Crippen LogP contribution in [-0.4, -0.2) is 49.7 Å². The number of nitrogens with one attached hydrogen (secondary N) is 1. The Kier molecular flexibility index (Phi) is 5.05. The fourth-order valence-corrected chi connectivity index (χ4v) is 1.98. The van der Waals surface area contributed by atoms with Gasteiger partial charge in [0.15, 0.2) is 0 Å². The summed E-state index contributed by atoms with van der Waals surface area (Å²) in [6, 6.07) is 0.377. The second kappa shape index (κ2) is 6.08. The molecule has 1 rings (SSSR count). The normalized spacial score (nSPS) is 19.9. The van der Waals surface area contributed by atoms with E-state index in [1.807, 2.05) is 25.8 Å². The van der Waals surface area contributed by atoms with E-state index in [2.05, 4.69) is 5.32 Å². The molecule has 0 aromatic rings. The Morgan fingerprint density at radius 2 is 2.13 bits per heavy atom. The van der Waals surface area contributed by atoms with Crippen LogP contribution in [0.4, 0.5) is 0 Å². The minimum atomic E-state index is -0.310. The van der Waals surface area contributed by atoms with Crippen molar-refractivity contribution in [3.63, 3.8) is 0 Å². The van der Waals surface area contributed by atoms with Crippen LogP contribution in [0.5, 0.6) is 0 Å². The number of ether oxygens (including phenoxy) is 1. The van der Waals surface area contributed by atoms with Crippen LogP contribution >= 0.6 is 0 Å². The maximum Gasteiger partial charge on any atom is 0.251 e. The van der Waals surface area contributed by atoms with Crippen LogP contribution in [0.25, 0.3) is 0 Å². The molecule has 1 heterocycles. The van der Waals surface area contributed by atoms with Crippen LogP contribution < -0.4 is 5.32 Å². The van der Waals surface area contributed by atoms with Gasteiger partial charge in [0, 0.05) is 19.7 Å². The minimum absolute atomic E-state index is 0.101. The molecule has 0 aromatic carbocycles. The van der Waals surface area contributed by atoms with Crippen LogP contribution in [0.3, 0.4) is 0 Å². The van der Waals surface area contributed by atoms with Gasteiger partial charge < -0.3 is 15.0 Å². The van der Waals surface area contributed by atoms with Crippen LogP contribution in [-0.2, 0) is 9.53 Å². The fraction of sp³-hybridized carbons (Fsp3) is 0.909. The van der Waals surface area contributed by atoms with Crippen molar-refractivity contribution in [1.29, 1.82) is 0 Å². The molecule has 1 saturated heterocycles. The highest BCUT2D eigenvalue weighted by Crippen LogP contribution is 2.11. The molecular weight excluding hydrogens is 192 g/mol. The molecule has 0 saturated carbocycles. The van der Waals surface area contributed by atoms with Crippen molar-refractivity contribution in [2.45, 2.75) is 38.8 Å². The lowest BCUT2D eigenvalue weighted by Gasteiger charge is -2.33. The zero-order chi connectivity index (χ0) is 11.3. The molecule has 0 radical (unpaired) electrons. The summed E-state index contributed by atoms with van der Waals surface area (Å²) in [6.07, 6.45) is 1.78. The first kappa shape index (κ1) is 12.5. The maximum absolute atomic E-state index is 11.9. The van der Waals surface area contributed by atoms with E-state index in [4.69, 9.17) is 4.74 Å². The number of rotatable bonds is 4. The second-order valence-electron chi connectivity index (χ2n) is 4.03. The standard InChI is InChI=1S/C11H22N2O2/c1-4-15-9(2)11(14)13(3)10-5-7-12-8-6-10/h9-10,12H,4-8H2,1-3H3. The third-order valence-electron chi connectivity index (χ3n) is 2.97. The lowest BCUT2D eigenvalue weighted by molar-refractivity contribution is -0.143. The van der Waals surface area contributed by atoms with E-state index >= 15 is 0 Å². The van der Waals surface area contributed by atoms with Gasteiger partial charge in [-0.15, -0.1) is 0 Å². The van der Waals surface area contributed by atoms with E-state index < -0.39 is 0 Å². The maximum atomic E-state index is 11.9. The minimum Gasteiger partial charge on any atom is -0.369 e. The molecule has 0 aromatic heterocycles. The van der Waals surface area contributed by atoms with Crippen molar-refractivity contribution in [3.05, 3.63) is 0 Å². The highest BCUT2D eigenvalue weighted by atomic mass is 16.5. The Labute approximate surface area is 92.0 Å². The Balaban J connectivity index is 2.43. The van der Waals surface area contributed by atoms with Gasteiger partial charge in [0.25, 0.3) is 5.91 Å². The molecule has 4 nitrogen and oxygen atoms in total. The van der Waals surface area contributed by atoms with Gasteiger partial charge >= 0.3 is 0 Å². The molecule has 0 bridgehead atoms. The summed E-state index contributed by atoms with van der Waals surface area (Å²) in [4.78, 5) is 13.8. The number of piperidine rings is 1. The molecular formula is C11H22N2O2. The van der Waals surface area contributed by atoms with E-state index in [1.165, 1.54) is 0 Å². The van der Waals surface area contributed by atoms with E-state index in [9.17, 15) is 4.79 Å². The SMILES string of the molecule is CCOC(C)C(=O)N(C)C1CCNCC1. The highest BCUT2D eigenvalue weighted by Gasteiger charge is 2.25. The summed E-state index contributed by atoms with van der Waals surface area (Å²) in [5.74, 6) is 0.101. The molecule has 1 unspecified atom stereocenters. The number of amides is 1. The summed E-state index contributed by atoms with van der Waals surface area (Å²) >= 11 is 0. The molecule has 1 amide bonds. The average Bonchev–Trinajstić information content (AvgIpc) is 2.28. The molecule has 1 aliphatic rings. The third kappa shape index (κ3) is 3.47. The fourth-order valence-electron chi connectivity index (χ4n) is 1.98. The van der Waals surface area contributed by atoms with Crippen LogP contribution in [0.15, 0.2) is 0 Å². The summed E-state index contributed by atoms with van der Waals surface area (Å²) in [6.45, 7) is 6.33. The quantitative estimate of drug-likeness (QED) is 0.746. The smallest absolute Gasteiger partial charge is 0.251 e. The Hall–Kier alpha value is -0.610. The van der Waals surface area contributed by atoms with Crippen molar-refractivity contribution in [1.82, 2.24) is 10.2 Å². The largest absolute Gasteiger partial charge is 0.369 e. The molecule has 1 fully saturated rings. The lowest BCUT2D eigenvalue weighted by Crippen LogP contribution is -2.47. The topological polar surface area (TPSA) is 41.6 Å². The lowest BCUT2D eigenvalue weighted by atomic mass is 10.0. The van der Waals surface area contributed by atoms with Gasteiger partial charge in [-0.1, -0.05) is 0 Å². The Bertz CT molecular complexity index is 203. The van der Waals surface area contributed by atoms with Crippen molar-refractivity contribution < 1.29 is 9.53 Å². The van der Waals surface area contributed by atoms with Crippen LogP contribution in [0.2, 0.25) is 0 Å². The molecule has 1 atom stereocenters. The number of hydrogen-bond donors (Lipinski definition) is 1. The van der Waals surface area contributed by atoms with Gasteiger partial charge in [0.2, 0.25) is 0 Å². The average molecular weight is 214 g/mol. The van der Waals surface area contributed by atoms with Crippen molar-refractivity contribution >= 4 is 5.91 Å². The summed E-state index contributed by atoms with van der Waals surface area (Å²) < 4.78 is 5.31. The zero-order valence-electron chi connectivity index (χ0n) is 9.95. The number of carbonyl (C=O) groups excluding carboxylic acids is 1. The number of likely N-dealkylation sites (N-methyl/N-ethyl adjacent to an activating group) is 1. The molecule has 4 heteroatoms. The highest BCUT2D eigenvalue weighted by molar-refractivity contribution is 5.80. The Morgan fingerprint density at radius 1 is 1.53 bits per heavy atom. The van der Waals surface area contributed by atoms with Gasteiger partial charge in [-0.2, -0.15) is 0 Å². The van der Waals surface area contributed by atoms with E-state index in [-0.39, 0.29) is 12.0 Å². The third-order valence-corrected chi connectivity index (χ3v) is 2.97. The van der Waals surface area contributed by atoms with Crippen LogP contribution in [0.1, 0.15) is 26.7 Å². The van der Waals surface area contributed by atoms with Gasteiger partial charge in [-0.3, -0.25) is 4.79 Å². The summed E-state index contributed by atoms with van der Waals surface area (Å²) in [5, 5.41) is 3.29. The van der Waals surface area contributed by atoms with Gasteiger partial charge in [-0.05, 0) is 39.8 Å². The Morgan fingerprint density at radius 3 is 2.67 bits per heavy atom. The summed E-state index contributed by atoms with van der Waals surface area (Å²) in [5.41, 5.74) is 0. The van der Waals surface area contributed by atoms with Gasteiger partial charge in [0.05, 0.1) is 0 Å². The molecule has 1 aliphatic heterocycles. The monoisotopic (exact) mass is 214 g/mol. The zero-order valence-corrected chi connectivity index (χ0v) is 9.95.